The van der Waals surface area contributed by atoms with E-state index in [0.717, 1.165) is 0 Å². The van der Waals surface area contributed by atoms with Gasteiger partial charge < -0.3 is 9.84 Å². The van der Waals surface area contributed by atoms with Crippen molar-refractivity contribution in [2.45, 2.75) is 0 Å². The van der Waals surface area contributed by atoms with Crippen LogP contribution in [0, 0.1) is 0 Å². The molecule has 0 saturated carbocycles. The Hall–Kier alpha value is -2.14. The lowest BCUT2D eigenvalue weighted by atomic mass is 10.2. The quantitative estimate of drug-likeness (QED) is 0.907. The minimum absolute atomic E-state index is 0.148. The van der Waals surface area contributed by atoms with E-state index >= 15 is 0 Å². The fourth-order valence-corrected chi connectivity index (χ4v) is 1.30. The zero-order valence-electron chi connectivity index (χ0n) is 8.50. The van der Waals surface area contributed by atoms with Crippen LogP contribution in [0.1, 0.15) is 10.4 Å². The van der Waals surface area contributed by atoms with E-state index in [4.69, 9.17) is 21.4 Å². The Balaban J connectivity index is 2.20. The van der Waals surface area contributed by atoms with Gasteiger partial charge in [0.2, 0.25) is 0 Å². The first-order valence-corrected chi connectivity index (χ1v) is 5.02. The summed E-state index contributed by atoms with van der Waals surface area (Å²) < 4.78 is 5.35. The summed E-state index contributed by atoms with van der Waals surface area (Å²) in [5.41, 5.74) is 0.183. The van der Waals surface area contributed by atoms with E-state index in [0.29, 0.717) is 5.75 Å². The molecule has 1 aromatic heterocycles. The zero-order chi connectivity index (χ0) is 12.3. The Morgan fingerprint density at radius 2 is 1.82 bits per heavy atom. The van der Waals surface area contributed by atoms with Crippen LogP contribution in [0.25, 0.3) is 0 Å². The smallest absolute Gasteiger partial charge is 0.335 e. The largest absolute Gasteiger partial charge is 0.478 e. The van der Waals surface area contributed by atoms with Crippen LogP contribution in [0.4, 0.5) is 0 Å². The average Bonchev–Trinajstić information content (AvgIpc) is 2.33. The van der Waals surface area contributed by atoms with Crippen LogP contribution < -0.4 is 4.74 Å². The molecule has 0 unspecified atom stereocenters. The molecule has 0 radical (unpaired) electrons. The maximum absolute atomic E-state index is 10.6. The number of carboxylic acid groups (broad SMARTS) is 1. The summed E-state index contributed by atoms with van der Waals surface area (Å²) in [6.07, 6.45) is 2.90. The number of nitrogens with zero attached hydrogens (tertiary/aromatic N) is 2. The first kappa shape index (κ1) is 11.3. The molecule has 0 atom stereocenters. The van der Waals surface area contributed by atoms with E-state index in [1.165, 1.54) is 36.7 Å². The molecule has 17 heavy (non-hydrogen) atoms. The normalized spacial score (nSPS) is 9.94. The highest BCUT2D eigenvalue weighted by Gasteiger charge is 2.06. The molecule has 0 aliphatic carbocycles. The third kappa shape index (κ3) is 2.70. The van der Waals surface area contributed by atoms with E-state index in [1.54, 1.807) is 0 Å². The highest BCUT2D eigenvalue weighted by Crippen LogP contribution is 2.24. The Bertz CT molecular complexity index is 543. The number of aromatic carboxylic acids is 1. The van der Waals surface area contributed by atoms with Gasteiger partial charge in [0.15, 0.2) is 5.15 Å². The number of rotatable bonds is 3. The molecular formula is C11H7ClN2O3. The molecule has 0 bridgehead atoms. The molecule has 86 valence electrons. The zero-order valence-corrected chi connectivity index (χ0v) is 9.26. The molecule has 0 spiro atoms. The summed E-state index contributed by atoms with van der Waals surface area (Å²) in [4.78, 5) is 18.3. The summed E-state index contributed by atoms with van der Waals surface area (Å²) >= 11 is 5.76. The van der Waals surface area contributed by atoms with Gasteiger partial charge in [0.1, 0.15) is 5.75 Å². The number of benzene rings is 1. The second kappa shape index (κ2) is 4.80. The number of halogens is 1. The predicted octanol–water partition coefficient (Wildman–Crippen LogP) is 2.62. The van der Waals surface area contributed by atoms with Crippen molar-refractivity contribution < 1.29 is 14.6 Å². The van der Waals surface area contributed by atoms with E-state index in [2.05, 4.69) is 9.97 Å². The van der Waals surface area contributed by atoms with Crippen LogP contribution in [0.3, 0.4) is 0 Å². The Labute approximate surface area is 102 Å². The van der Waals surface area contributed by atoms with Gasteiger partial charge in [0, 0.05) is 12.4 Å². The maximum Gasteiger partial charge on any atom is 0.335 e. The van der Waals surface area contributed by atoms with Gasteiger partial charge in [0.05, 0.1) is 5.56 Å². The fraction of sp³-hybridized carbons (Fsp3) is 0. The van der Waals surface area contributed by atoms with E-state index < -0.39 is 5.97 Å². The van der Waals surface area contributed by atoms with Gasteiger partial charge in [-0.05, 0) is 24.3 Å². The lowest BCUT2D eigenvalue weighted by Gasteiger charge is -2.05. The molecular weight excluding hydrogens is 244 g/mol. The first-order chi connectivity index (χ1) is 8.16. The van der Waals surface area contributed by atoms with E-state index in [1.807, 2.05) is 0 Å². The van der Waals surface area contributed by atoms with Gasteiger partial charge >= 0.3 is 5.97 Å². The molecule has 0 fully saturated rings. The van der Waals surface area contributed by atoms with Gasteiger partial charge in [-0.3, -0.25) is 0 Å². The van der Waals surface area contributed by atoms with Gasteiger partial charge in [-0.15, -0.1) is 0 Å². The van der Waals surface area contributed by atoms with Crippen LogP contribution in [0.15, 0.2) is 36.7 Å². The lowest BCUT2D eigenvalue weighted by Crippen LogP contribution is -1.96. The predicted molar refractivity (Wildman–Crippen MR) is 60.5 cm³/mol. The molecule has 0 aliphatic rings. The van der Waals surface area contributed by atoms with Crippen molar-refractivity contribution in [1.82, 2.24) is 9.97 Å². The highest BCUT2D eigenvalue weighted by molar-refractivity contribution is 6.30. The summed E-state index contributed by atoms with van der Waals surface area (Å²) in [7, 11) is 0. The molecule has 2 rings (SSSR count). The number of ether oxygens (including phenoxy) is 1. The van der Waals surface area contributed by atoms with Crippen molar-refractivity contribution in [3.63, 3.8) is 0 Å². The maximum atomic E-state index is 10.6. The third-order valence-corrected chi connectivity index (χ3v) is 2.20. The monoisotopic (exact) mass is 250 g/mol. The molecule has 0 aliphatic heterocycles. The van der Waals surface area contributed by atoms with Crippen molar-refractivity contribution >= 4 is 17.6 Å². The first-order valence-electron chi connectivity index (χ1n) is 4.64. The van der Waals surface area contributed by atoms with Gasteiger partial charge in [-0.25, -0.2) is 14.8 Å². The number of hydrogen-bond donors (Lipinski definition) is 1. The van der Waals surface area contributed by atoms with Crippen LogP contribution in [-0.2, 0) is 0 Å². The molecule has 0 amide bonds. The average molecular weight is 251 g/mol. The summed E-state index contributed by atoms with van der Waals surface area (Å²) in [5, 5.41) is 8.87. The van der Waals surface area contributed by atoms with Crippen molar-refractivity contribution in [3.05, 3.63) is 47.4 Å². The summed E-state index contributed by atoms with van der Waals surface area (Å²) in [6, 6.07) is 5.91. The standard InChI is InChI=1S/C11H7ClN2O3/c12-9-10(14-6-5-13-9)17-8-3-1-7(2-4-8)11(15)16/h1-6H,(H,15,16). The van der Waals surface area contributed by atoms with Crippen LogP contribution >= 0.6 is 11.6 Å². The van der Waals surface area contributed by atoms with Gasteiger partial charge in [-0.1, -0.05) is 11.6 Å². The number of aromatic nitrogens is 2. The molecule has 1 heterocycles. The second-order valence-corrected chi connectivity index (χ2v) is 3.44. The van der Waals surface area contributed by atoms with E-state index in [9.17, 15) is 4.79 Å². The summed E-state index contributed by atoms with van der Waals surface area (Å²) in [6.45, 7) is 0. The van der Waals surface area contributed by atoms with Gasteiger partial charge in [-0.2, -0.15) is 0 Å². The van der Waals surface area contributed by atoms with Crippen molar-refractivity contribution in [3.8, 4) is 11.6 Å². The Kier molecular flexibility index (Phi) is 3.20. The molecule has 5 nitrogen and oxygen atoms in total. The molecule has 0 saturated heterocycles. The second-order valence-electron chi connectivity index (χ2n) is 3.08. The number of carbonyl (C=O) groups is 1. The topological polar surface area (TPSA) is 72.3 Å². The minimum atomic E-state index is -0.992. The van der Waals surface area contributed by atoms with Crippen LogP contribution in [-0.4, -0.2) is 21.0 Å². The molecule has 1 N–H and O–H groups in total. The third-order valence-electron chi connectivity index (χ3n) is 1.94. The summed E-state index contributed by atoms with van der Waals surface area (Å²) in [5.74, 6) is -0.372. The number of carboxylic acids is 1. The fourth-order valence-electron chi connectivity index (χ4n) is 1.15. The Morgan fingerprint density at radius 3 is 2.41 bits per heavy atom. The van der Waals surface area contributed by atoms with Crippen molar-refractivity contribution in [2.24, 2.45) is 0 Å². The molecule has 6 heteroatoms. The van der Waals surface area contributed by atoms with Crippen molar-refractivity contribution in [1.29, 1.82) is 0 Å². The van der Waals surface area contributed by atoms with Crippen LogP contribution in [0.5, 0.6) is 11.6 Å². The van der Waals surface area contributed by atoms with Gasteiger partial charge in [0.25, 0.3) is 5.88 Å². The highest BCUT2D eigenvalue weighted by atomic mass is 35.5. The molecule has 2 aromatic rings. The lowest BCUT2D eigenvalue weighted by molar-refractivity contribution is 0.0697. The van der Waals surface area contributed by atoms with Crippen molar-refractivity contribution in [2.75, 3.05) is 0 Å². The number of hydrogen-bond acceptors (Lipinski definition) is 4. The van der Waals surface area contributed by atoms with Crippen LogP contribution in [0.2, 0.25) is 5.15 Å². The van der Waals surface area contributed by atoms with E-state index in [-0.39, 0.29) is 16.6 Å². The SMILES string of the molecule is O=C(O)c1ccc(Oc2nccnc2Cl)cc1. The minimum Gasteiger partial charge on any atom is -0.478 e. The molecule has 1 aromatic carbocycles. The Morgan fingerprint density at radius 1 is 1.18 bits per heavy atom.